The van der Waals surface area contributed by atoms with Crippen LogP contribution in [0.5, 0.6) is 5.75 Å². The third kappa shape index (κ3) is 4.58. The first-order valence-electron chi connectivity index (χ1n) is 9.21. The molecule has 1 N–H and O–H groups in total. The number of rotatable bonds is 6. The van der Waals surface area contributed by atoms with Crippen LogP contribution in [0.4, 0.5) is 5.69 Å². The molecule has 0 saturated carbocycles. The molecule has 2 aromatic carbocycles. The van der Waals surface area contributed by atoms with Gasteiger partial charge >= 0.3 is 0 Å². The molecule has 0 bridgehead atoms. The minimum atomic E-state index is -0.119. The second-order valence-electron chi connectivity index (χ2n) is 6.63. The number of carbonyl (C=O) groups excluding carboxylic acids is 1. The molecule has 1 amide bonds. The number of anilines is 1. The van der Waals surface area contributed by atoms with Crippen LogP contribution in [0.3, 0.4) is 0 Å². The molecule has 6 nitrogen and oxygen atoms in total. The summed E-state index contributed by atoms with van der Waals surface area (Å²) < 4.78 is 6.92. The van der Waals surface area contributed by atoms with E-state index in [2.05, 4.69) is 15.4 Å². The number of aromatic nitrogens is 3. The van der Waals surface area contributed by atoms with Gasteiger partial charge in [-0.1, -0.05) is 29.4 Å². The average molecular weight is 439 g/mol. The van der Waals surface area contributed by atoms with Crippen LogP contribution >= 0.6 is 23.4 Å². The van der Waals surface area contributed by atoms with Crippen molar-refractivity contribution in [3.05, 3.63) is 71.4 Å². The van der Waals surface area contributed by atoms with Crippen molar-refractivity contribution < 1.29 is 9.53 Å². The van der Waals surface area contributed by atoms with Crippen LogP contribution in [0, 0.1) is 6.92 Å². The number of halogens is 1. The lowest BCUT2D eigenvalue weighted by Crippen LogP contribution is -2.14. The van der Waals surface area contributed by atoms with E-state index in [1.54, 1.807) is 17.7 Å². The van der Waals surface area contributed by atoms with E-state index in [1.807, 2.05) is 61.7 Å². The molecule has 0 fully saturated rings. The second-order valence-corrected chi connectivity index (χ2v) is 8.03. The van der Waals surface area contributed by atoms with E-state index in [1.165, 1.54) is 11.8 Å². The summed E-state index contributed by atoms with van der Waals surface area (Å²) in [6.45, 7) is 1.92. The first-order chi connectivity index (χ1) is 14.5. The van der Waals surface area contributed by atoms with Crippen LogP contribution in [-0.4, -0.2) is 33.4 Å². The van der Waals surface area contributed by atoms with Crippen LogP contribution in [0.1, 0.15) is 5.56 Å². The van der Waals surface area contributed by atoms with Crippen LogP contribution in [0.25, 0.3) is 16.9 Å². The Balaban J connectivity index is 1.43. The van der Waals surface area contributed by atoms with Gasteiger partial charge in [-0.3, -0.25) is 4.79 Å². The zero-order valence-corrected chi connectivity index (χ0v) is 18.0. The monoisotopic (exact) mass is 438 g/mol. The lowest BCUT2D eigenvalue weighted by atomic mass is 10.2. The molecule has 0 atom stereocenters. The number of aryl methyl sites for hydroxylation is 1. The number of hydrogen-bond acceptors (Lipinski definition) is 5. The molecule has 0 unspecified atom stereocenters. The fraction of sp³-hybridized carbons (Fsp3) is 0.136. The van der Waals surface area contributed by atoms with E-state index < -0.39 is 0 Å². The van der Waals surface area contributed by atoms with E-state index in [9.17, 15) is 4.79 Å². The molecule has 0 saturated heterocycles. The average Bonchev–Trinajstić information content (AvgIpc) is 3.18. The Morgan fingerprint density at radius 3 is 2.70 bits per heavy atom. The second kappa shape index (κ2) is 8.77. The first-order valence-corrected chi connectivity index (χ1v) is 10.6. The number of hydrogen-bond donors (Lipinski definition) is 1. The van der Waals surface area contributed by atoms with E-state index in [4.69, 9.17) is 16.3 Å². The van der Waals surface area contributed by atoms with Gasteiger partial charge in [0.15, 0.2) is 5.65 Å². The smallest absolute Gasteiger partial charge is 0.234 e. The standard InChI is InChI=1S/C22H19ClN4O2S/c1-14-3-6-16(11-18(14)23)24-21(28)13-30-22-10-9-20-25-19(12-27(20)26-22)15-4-7-17(29-2)8-5-15/h3-12H,13H2,1-2H3,(H,24,28). The van der Waals surface area contributed by atoms with Crippen molar-refractivity contribution in [3.63, 3.8) is 0 Å². The van der Waals surface area contributed by atoms with Gasteiger partial charge in [0, 0.05) is 16.3 Å². The summed E-state index contributed by atoms with van der Waals surface area (Å²) in [5.74, 6) is 0.918. The molecule has 30 heavy (non-hydrogen) atoms. The molecule has 8 heteroatoms. The molecule has 0 spiro atoms. The molecule has 152 valence electrons. The molecular formula is C22H19ClN4O2S. The molecule has 0 aliphatic rings. The summed E-state index contributed by atoms with van der Waals surface area (Å²) in [5.41, 5.74) is 4.19. The van der Waals surface area contributed by atoms with Gasteiger partial charge in [-0.05, 0) is 61.0 Å². The normalized spacial score (nSPS) is 10.9. The topological polar surface area (TPSA) is 68.5 Å². The predicted molar refractivity (Wildman–Crippen MR) is 121 cm³/mol. The predicted octanol–water partition coefficient (Wildman–Crippen LogP) is 5.10. The molecule has 2 aromatic heterocycles. The fourth-order valence-electron chi connectivity index (χ4n) is 2.85. The quantitative estimate of drug-likeness (QED) is 0.424. The Hall–Kier alpha value is -3.03. The maximum Gasteiger partial charge on any atom is 0.234 e. The summed E-state index contributed by atoms with van der Waals surface area (Å²) in [5, 5.41) is 8.76. The fourth-order valence-corrected chi connectivity index (χ4v) is 3.69. The van der Waals surface area contributed by atoms with Crippen molar-refractivity contribution in [2.75, 3.05) is 18.2 Å². The van der Waals surface area contributed by atoms with Crippen molar-refractivity contribution in [1.29, 1.82) is 0 Å². The number of methoxy groups -OCH3 is 1. The van der Waals surface area contributed by atoms with Crippen LogP contribution in [0.2, 0.25) is 5.02 Å². The highest BCUT2D eigenvalue weighted by atomic mass is 35.5. The lowest BCUT2D eigenvalue weighted by molar-refractivity contribution is -0.113. The Morgan fingerprint density at radius 2 is 1.97 bits per heavy atom. The molecule has 0 aliphatic heterocycles. The molecule has 4 rings (SSSR count). The Kier molecular flexibility index (Phi) is 5.92. The highest BCUT2D eigenvalue weighted by Gasteiger charge is 2.09. The molecule has 0 radical (unpaired) electrons. The maximum absolute atomic E-state index is 12.3. The lowest BCUT2D eigenvalue weighted by Gasteiger charge is -2.06. The minimum absolute atomic E-state index is 0.119. The minimum Gasteiger partial charge on any atom is -0.497 e. The van der Waals surface area contributed by atoms with Crippen LogP contribution in [-0.2, 0) is 4.79 Å². The van der Waals surface area contributed by atoms with Crippen molar-refractivity contribution in [1.82, 2.24) is 14.6 Å². The number of imidazole rings is 1. The largest absolute Gasteiger partial charge is 0.497 e. The van der Waals surface area contributed by atoms with Crippen molar-refractivity contribution in [2.45, 2.75) is 11.9 Å². The Labute approximate surface area is 183 Å². The van der Waals surface area contributed by atoms with Gasteiger partial charge in [-0.25, -0.2) is 9.50 Å². The van der Waals surface area contributed by atoms with Gasteiger partial charge in [0.05, 0.1) is 24.8 Å². The van der Waals surface area contributed by atoms with Crippen LogP contribution < -0.4 is 10.1 Å². The van der Waals surface area contributed by atoms with Gasteiger partial charge in [-0.2, -0.15) is 5.10 Å². The summed E-state index contributed by atoms with van der Waals surface area (Å²) >= 11 is 7.46. The number of thioether (sulfide) groups is 1. The summed E-state index contributed by atoms with van der Waals surface area (Å²) in [4.78, 5) is 16.9. The van der Waals surface area contributed by atoms with Crippen molar-refractivity contribution in [2.24, 2.45) is 0 Å². The van der Waals surface area contributed by atoms with Gasteiger partial charge in [0.2, 0.25) is 5.91 Å². The van der Waals surface area contributed by atoms with E-state index in [0.29, 0.717) is 10.7 Å². The number of carbonyl (C=O) groups is 1. The number of amides is 1. The zero-order chi connectivity index (χ0) is 21.1. The summed E-state index contributed by atoms with van der Waals surface area (Å²) in [6.07, 6.45) is 1.87. The summed E-state index contributed by atoms with van der Waals surface area (Å²) in [6, 6.07) is 16.9. The number of nitrogens with zero attached hydrogens (tertiary/aromatic N) is 3. The zero-order valence-electron chi connectivity index (χ0n) is 16.4. The Bertz CT molecular complexity index is 1210. The van der Waals surface area contributed by atoms with Crippen molar-refractivity contribution in [3.8, 4) is 17.0 Å². The molecule has 0 aliphatic carbocycles. The molecule has 2 heterocycles. The summed E-state index contributed by atoms with van der Waals surface area (Å²) in [7, 11) is 1.64. The maximum atomic E-state index is 12.3. The number of fused-ring (bicyclic) bond motifs is 1. The van der Waals surface area contributed by atoms with Crippen LogP contribution in [0.15, 0.2) is 65.8 Å². The number of benzene rings is 2. The third-order valence-electron chi connectivity index (χ3n) is 4.49. The SMILES string of the molecule is COc1ccc(-c2cn3nc(SCC(=O)Nc4ccc(C)c(Cl)c4)ccc3n2)cc1. The third-order valence-corrected chi connectivity index (χ3v) is 5.82. The van der Waals surface area contributed by atoms with Gasteiger partial charge in [0.25, 0.3) is 0 Å². The molecule has 4 aromatic rings. The van der Waals surface area contributed by atoms with E-state index in [0.717, 1.165) is 33.2 Å². The van der Waals surface area contributed by atoms with Gasteiger partial charge in [-0.15, -0.1) is 0 Å². The highest BCUT2D eigenvalue weighted by Crippen LogP contribution is 2.24. The van der Waals surface area contributed by atoms with Gasteiger partial charge in [0.1, 0.15) is 10.8 Å². The van der Waals surface area contributed by atoms with Crippen molar-refractivity contribution >= 4 is 40.6 Å². The van der Waals surface area contributed by atoms with E-state index >= 15 is 0 Å². The highest BCUT2D eigenvalue weighted by molar-refractivity contribution is 7.99. The van der Waals surface area contributed by atoms with Gasteiger partial charge < -0.3 is 10.1 Å². The van der Waals surface area contributed by atoms with E-state index in [-0.39, 0.29) is 11.7 Å². The Morgan fingerprint density at radius 1 is 1.17 bits per heavy atom. The number of nitrogens with one attached hydrogen (secondary N) is 1. The first kappa shape index (κ1) is 20.3. The number of ether oxygens (including phenoxy) is 1. The molecular weight excluding hydrogens is 420 g/mol.